The molecule has 0 unspecified atom stereocenters. The van der Waals surface area contributed by atoms with Crippen LogP contribution in [0.4, 0.5) is 8.78 Å². The Hall–Kier alpha value is -2.96. The molecular weight excluding hydrogens is 388 g/mol. The van der Waals surface area contributed by atoms with Crippen LogP contribution in [0.1, 0.15) is 46.0 Å². The molecule has 1 saturated carbocycles. The first kappa shape index (κ1) is 21.7. The maximum Gasteiger partial charge on any atom is 0.255 e. The highest BCUT2D eigenvalue weighted by atomic mass is 19.1. The van der Waals surface area contributed by atoms with Crippen LogP contribution in [0.25, 0.3) is 0 Å². The van der Waals surface area contributed by atoms with E-state index in [4.69, 9.17) is 4.74 Å². The van der Waals surface area contributed by atoms with E-state index in [0.29, 0.717) is 22.9 Å². The number of nitrogens with zero attached hydrogens (tertiary/aromatic N) is 1. The molecule has 1 aromatic carbocycles. The van der Waals surface area contributed by atoms with Crippen molar-refractivity contribution in [3.8, 4) is 5.75 Å². The monoisotopic (exact) mass is 415 g/mol. The summed E-state index contributed by atoms with van der Waals surface area (Å²) in [5.41, 5.74) is 1.09. The number of benzene rings is 1. The summed E-state index contributed by atoms with van der Waals surface area (Å²) in [5, 5.41) is 5.98. The molecule has 0 radical (unpaired) electrons. The Morgan fingerprint density at radius 2 is 2.07 bits per heavy atom. The molecule has 0 spiro atoms. The summed E-state index contributed by atoms with van der Waals surface area (Å²) in [7, 11) is 0. The number of ether oxygens (including phenoxy) is 1. The SMILES string of the molecule is C=C1NC=C(C(=O)N[C@@H](C)C2CCCCC2)/C1=N/C(=C\C)Oc1ccc(F)cc1F. The molecular formula is C23H27F2N3O2. The molecule has 1 atom stereocenters. The quantitative estimate of drug-likeness (QED) is 0.660. The summed E-state index contributed by atoms with van der Waals surface area (Å²) in [6.45, 7) is 7.58. The van der Waals surface area contributed by atoms with E-state index in [-0.39, 0.29) is 23.6 Å². The number of rotatable bonds is 6. The van der Waals surface area contributed by atoms with Gasteiger partial charge in [0.25, 0.3) is 5.91 Å². The molecule has 0 aromatic heterocycles. The zero-order valence-electron chi connectivity index (χ0n) is 17.3. The van der Waals surface area contributed by atoms with E-state index in [1.165, 1.54) is 31.4 Å². The van der Waals surface area contributed by atoms with E-state index in [9.17, 15) is 13.6 Å². The third-order valence-electron chi connectivity index (χ3n) is 5.47. The van der Waals surface area contributed by atoms with Crippen LogP contribution < -0.4 is 15.4 Å². The molecule has 1 aromatic rings. The number of amides is 1. The molecule has 160 valence electrons. The van der Waals surface area contributed by atoms with Crippen molar-refractivity contribution in [2.24, 2.45) is 10.9 Å². The third kappa shape index (κ3) is 5.14. The van der Waals surface area contributed by atoms with E-state index in [2.05, 4.69) is 22.2 Å². The molecule has 1 aliphatic heterocycles. The van der Waals surface area contributed by atoms with Gasteiger partial charge in [-0.05, 0) is 50.8 Å². The molecule has 2 aliphatic rings. The summed E-state index contributed by atoms with van der Waals surface area (Å²) >= 11 is 0. The van der Waals surface area contributed by atoms with Gasteiger partial charge < -0.3 is 15.4 Å². The Morgan fingerprint density at radius 3 is 2.73 bits per heavy atom. The van der Waals surface area contributed by atoms with Gasteiger partial charge >= 0.3 is 0 Å². The second-order valence-corrected chi connectivity index (χ2v) is 7.61. The van der Waals surface area contributed by atoms with Gasteiger partial charge in [0.15, 0.2) is 11.6 Å². The van der Waals surface area contributed by atoms with Crippen LogP contribution in [-0.2, 0) is 4.79 Å². The Labute approximate surface area is 175 Å². The number of halogens is 2. The predicted molar refractivity (Wildman–Crippen MR) is 113 cm³/mol. The van der Waals surface area contributed by atoms with E-state index in [1.807, 2.05) is 6.92 Å². The molecule has 2 N–H and O–H groups in total. The highest BCUT2D eigenvalue weighted by molar-refractivity contribution is 6.29. The van der Waals surface area contributed by atoms with Crippen LogP contribution in [0, 0.1) is 17.6 Å². The van der Waals surface area contributed by atoms with E-state index in [1.54, 1.807) is 13.1 Å². The van der Waals surface area contributed by atoms with Crippen molar-refractivity contribution in [2.75, 3.05) is 0 Å². The largest absolute Gasteiger partial charge is 0.436 e. The fourth-order valence-corrected chi connectivity index (χ4v) is 3.72. The van der Waals surface area contributed by atoms with Crippen LogP contribution in [0.5, 0.6) is 5.75 Å². The lowest BCUT2D eigenvalue weighted by molar-refractivity contribution is -0.118. The molecule has 0 bridgehead atoms. The fourth-order valence-electron chi connectivity index (χ4n) is 3.72. The molecule has 1 amide bonds. The maximum atomic E-state index is 13.9. The van der Waals surface area contributed by atoms with Gasteiger partial charge in [-0.2, -0.15) is 0 Å². The number of hydrogen-bond acceptors (Lipinski definition) is 4. The van der Waals surface area contributed by atoms with Crippen molar-refractivity contribution in [2.45, 2.75) is 52.0 Å². The lowest BCUT2D eigenvalue weighted by Gasteiger charge is -2.28. The van der Waals surface area contributed by atoms with Gasteiger partial charge in [-0.3, -0.25) is 4.79 Å². The number of allylic oxidation sites excluding steroid dienone is 2. The highest BCUT2D eigenvalue weighted by Gasteiger charge is 2.28. The zero-order valence-corrected chi connectivity index (χ0v) is 17.3. The average molecular weight is 415 g/mol. The van der Waals surface area contributed by atoms with Crippen molar-refractivity contribution in [3.05, 3.63) is 65.8 Å². The number of carbonyl (C=O) groups is 1. The van der Waals surface area contributed by atoms with Crippen molar-refractivity contribution < 1.29 is 18.3 Å². The van der Waals surface area contributed by atoms with Gasteiger partial charge in [-0.25, -0.2) is 13.8 Å². The molecule has 5 nitrogen and oxygen atoms in total. The summed E-state index contributed by atoms with van der Waals surface area (Å²) in [4.78, 5) is 17.2. The summed E-state index contributed by atoms with van der Waals surface area (Å²) in [6.07, 6.45) is 8.96. The standard InChI is InChI=1S/C23H27F2N3O2/c1-4-21(30-20-11-10-17(24)12-19(20)25)28-22-15(3)26-13-18(22)23(29)27-14(2)16-8-6-5-7-9-16/h4,10-14,16,26H,3,5-9H2,1-2H3,(H,27,29)/b21-4+,28-22+/t14-/m0/s1. The van der Waals surface area contributed by atoms with Gasteiger partial charge in [0.2, 0.25) is 5.88 Å². The summed E-state index contributed by atoms with van der Waals surface area (Å²) < 4.78 is 32.5. The summed E-state index contributed by atoms with van der Waals surface area (Å²) in [6, 6.07) is 3.07. The molecule has 1 fully saturated rings. The van der Waals surface area contributed by atoms with Crippen molar-refractivity contribution in [1.29, 1.82) is 0 Å². The number of nitrogens with one attached hydrogen (secondary N) is 2. The van der Waals surface area contributed by atoms with Crippen molar-refractivity contribution in [1.82, 2.24) is 10.6 Å². The number of aliphatic imine (C=N–C) groups is 1. The molecule has 30 heavy (non-hydrogen) atoms. The Kier molecular flexibility index (Phi) is 7.03. The first-order valence-electron chi connectivity index (χ1n) is 10.2. The molecule has 1 aliphatic carbocycles. The highest BCUT2D eigenvalue weighted by Crippen LogP contribution is 2.27. The molecule has 1 heterocycles. The second-order valence-electron chi connectivity index (χ2n) is 7.61. The zero-order chi connectivity index (χ0) is 21.7. The third-order valence-corrected chi connectivity index (χ3v) is 5.47. The lowest BCUT2D eigenvalue weighted by Crippen LogP contribution is -2.40. The predicted octanol–water partition coefficient (Wildman–Crippen LogP) is 4.73. The smallest absolute Gasteiger partial charge is 0.255 e. The van der Waals surface area contributed by atoms with Crippen LogP contribution in [0.3, 0.4) is 0 Å². The lowest BCUT2D eigenvalue weighted by atomic mass is 9.84. The second kappa shape index (κ2) is 9.69. The van der Waals surface area contributed by atoms with Gasteiger partial charge in [0.1, 0.15) is 11.5 Å². The van der Waals surface area contributed by atoms with Crippen LogP contribution in [0.15, 0.2) is 59.2 Å². The average Bonchev–Trinajstić information content (AvgIpc) is 3.10. The maximum absolute atomic E-state index is 13.9. The van der Waals surface area contributed by atoms with E-state index < -0.39 is 11.6 Å². The minimum absolute atomic E-state index is 0.0552. The van der Waals surface area contributed by atoms with Gasteiger partial charge in [-0.1, -0.05) is 25.8 Å². The van der Waals surface area contributed by atoms with Gasteiger partial charge in [0, 0.05) is 18.3 Å². The first-order valence-corrected chi connectivity index (χ1v) is 10.2. The normalized spacial score (nSPS) is 20.0. The number of hydrogen-bond donors (Lipinski definition) is 2. The van der Waals surface area contributed by atoms with Crippen molar-refractivity contribution in [3.63, 3.8) is 0 Å². The molecule has 3 rings (SSSR count). The van der Waals surface area contributed by atoms with Crippen LogP contribution in [-0.4, -0.2) is 17.7 Å². The minimum Gasteiger partial charge on any atom is -0.436 e. The minimum atomic E-state index is -0.840. The van der Waals surface area contributed by atoms with Crippen LogP contribution >= 0.6 is 0 Å². The van der Waals surface area contributed by atoms with Crippen LogP contribution in [0.2, 0.25) is 0 Å². The Bertz CT molecular complexity index is 915. The topological polar surface area (TPSA) is 62.7 Å². The summed E-state index contributed by atoms with van der Waals surface area (Å²) in [5.74, 6) is -1.41. The fraction of sp³-hybridized carbons (Fsp3) is 0.391. The molecule has 0 saturated heterocycles. The Balaban J connectivity index is 1.73. The first-order chi connectivity index (χ1) is 14.4. The van der Waals surface area contributed by atoms with E-state index >= 15 is 0 Å². The Morgan fingerprint density at radius 1 is 1.33 bits per heavy atom. The number of carbonyl (C=O) groups excluding carboxylic acids is 1. The van der Waals surface area contributed by atoms with Gasteiger partial charge in [-0.15, -0.1) is 0 Å². The molecule has 7 heteroatoms. The van der Waals surface area contributed by atoms with Gasteiger partial charge in [0.05, 0.1) is 11.3 Å². The van der Waals surface area contributed by atoms with Crippen molar-refractivity contribution >= 4 is 11.6 Å². The van der Waals surface area contributed by atoms with E-state index in [0.717, 1.165) is 25.0 Å².